The molecule has 1 atom stereocenters. The number of fused-ring (bicyclic) bond motifs is 1. The van der Waals surface area contributed by atoms with E-state index >= 15 is 0 Å². The molecule has 2 heteroatoms. The average molecular weight is 202 g/mol. The van der Waals surface area contributed by atoms with Gasteiger partial charge in [-0.2, -0.15) is 0 Å². The second kappa shape index (κ2) is 3.61. The van der Waals surface area contributed by atoms with Crippen molar-refractivity contribution in [3.8, 4) is 0 Å². The summed E-state index contributed by atoms with van der Waals surface area (Å²) in [6.07, 6.45) is 2.31. The van der Waals surface area contributed by atoms with Gasteiger partial charge >= 0.3 is 0 Å². The Labute approximate surface area is 91.8 Å². The minimum absolute atomic E-state index is 0.389. The molecule has 0 radical (unpaired) electrons. The Morgan fingerprint density at radius 1 is 1.27 bits per heavy atom. The second-order valence-electron chi connectivity index (χ2n) is 4.35. The van der Waals surface area contributed by atoms with E-state index in [1.54, 1.807) is 0 Å². The summed E-state index contributed by atoms with van der Waals surface area (Å²) < 4.78 is 0. The summed E-state index contributed by atoms with van der Waals surface area (Å²) in [6, 6.07) is 8.47. The van der Waals surface area contributed by atoms with Crippen molar-refractivity contribution >= 4 is 11.4 Å². The van der Waals surface area contributed by atoms with Gasteiger partial charge in [0.05, 0.1) is 11.4 Å². The first kappa shape index (κ1) is 10.1. The molecular weight excluding hydrogens is 184 g/mol. The van der Waals surface area contributed by atoms with Gasteiger partial charge in [-0.1, -0.05) is 32.6 Å². The molecule has 1 unspecified atom stereocenters. The van der Waals surface area contributed by atoms with Gasteiger partial charge in [-0.25, -0.2) is 0 Å². The normalized spacial score (nSPS) is 19.6. The molecule has 0 fully saturated rings. The monoisotopic (exact) mass is 202 g/mol. The van der Waals surface area contributed by atoms with E-state index in [0.29, 0.717) is 12.1 Å². The lowest BCUT2D eigenvalue weighted by Crippen LogP contribution is -2.42. The van der Waals surface area contributed by atoms with Crippen LogP contribution in [-0.4, -0.2) is 13.2 Å². The first-order chi connectivity index (χ1) is 7.16. The number of rotatable bonds is 2. The van der Waals surface area contributed by atoms with Crippen molar-refractivity contribution in [1.82, 2.24) is 0 Å². The van der Waals surface area contributed by atoms with Crippen LogP contribution in [0.4, 0.5) is 11.4 Å². The summed E-state index contributed by atoms with van der Waals surface area (Å²) in [5.41, 5.74) is 2.55. The van der Waals surface area contributed by atoms with Crippen molar-refractivity contribution in [1.29, 1.82) is 0 Å². The Morgan fingerprint density at radius 2 is 1.87 bits per heavy atom. The molecule has 0 N–H and O–H groups in total. The Bertz CT molecular complexity index is 371. The molecule has 0 saturated carbocycles. The van der Waals surface area contributed by atoms with Crippen LogP contribution in [0.3, 0.4) is 0 Å². The molecule has 0 spiro atoms. The van der Waals surface area contributed by atoms with Crippen LogP contribution in [0.1, 0.15) is 13.8 Å². The van der Waals surface area contributed by atoms with Crippen LogP contribution < -0.4 is 9.80 Å². The molecule has 0 aromatic heterocycles. The van der Waals surface area contributed by atoms with Crippen molar-refractivity contribution in [2.75, 3.05) is 16.8 Å². The standard InChI is InChI=1S/C13H18N2/c1-5-15-12-9-7-6-8-11(12)14(4)13(15)10(2)3/h5-10,13H,1H2,2-4H3. The number of anilines is 2. The minimum atomic E-state index is 0.389. The maximum Gasteiger partial charge on any atom is 0.108 e. The predicted molar refractivity (Wildman–Crippen MR) is 66.1 cm³/mol. The van der Waals surface area contributed by atoms with Crippen molar-refractivity contribution in [3.63, 3.8) is 0 Å². The smallest absolute Gasteiger partial charge is 0.108 e. The SMILES string of the molecule is C=CN1c2ccccc2N(C)C1C(C)C. The lowest BCUT2D eigenvalue weighted by Gasteiger charge is -2.31. The molecule has 2 nitrogen and oxygen atoms in total. The average Bonchev–Trinajstić information content (AvgIpc) is 2.52. The number of benzene rings is 1. The third kappa shape index (κ3) is 1.41. The van der Waals surface area contributed by atoms with Crippen LogP contribution in [0.5, 0.6) is 0 Å². The van der Waals surface area contributed by atoms with E-state index in [1.807, 2.05) is 6.20 Å². The van der Waals surface area contributed by atoms with Gasteiger partial charge in [0, 0.05) is 7.05 Å². The summed E-state index contributed by atoms with van der Waals surface area (Å²) >= 11 is 0. The van der Waals surface area contributed by atoms with Gasteiger partial charge in [-0.05, 0) is 24.3 Å². The summed E-state index contributed by atoms with van der Waals surface area (Å²) in [5.74, 6) is 0.570. The third-order valence-corrected chi connectivity index (χ3v) is 3.01. The Kier molecular flexibility index (Phi) is 2.43. The fourth-order valence-corrected chi connectivity index (χ4v) is 2.43. The fraction of sp³-hybridized carbons (Fsp3) is 0.385. The lowest BCUT2D eigenvalue weighted by molar-refractivity contribution is 0.493. The summed E-state index contributed by atoms with van der Waals surface area (Å²) in [7, 11) is 2.15. The molecule has 1 aliphatic heterocycles. The van der Waals surface area contributed by atoms with Gasteiger partial charge in [0.1, 0.15) is 6.17 Å². The van der Waals surface area contributed by atoms with Crippen molar-refractivity contribution in [2.45, 2.75) is 20.0 Å². The Hall–Kier alpha value is -1.44. The van der Waals surface area contributed by atoms with Gasteiger partial charge < -0.3 is 9.80 Å². The quantitative estimate of drug-likeness (QED) is 0.727. The van der Waals surface area contributed by atoms with Gasteiger partial charge in [0.15, 0.2) is 0 Å². The van der Waals surface area contributed by atoms with E-state index in [-0.39, 0.29) is 0 Å². The van der Waals surface area contributed by atoms with Crippen molar-refractivity contribution in [3.05, 3.63) is 37.0 Å². The molecule has 80 valence electrons. The summed E-state index contributed by atoms with van der Waals surface area (Å²) in [6.45, 7) is 8.39. The predicted octanol–water partition coefficient (Wildman–Crippen LogP) is 3.07. The van der Waals surface area contributed by atoms with E-state index in [1.165, 1.54) is 11.4 Å². The van der Waals surface area contributed by atoms with E-state index in [0.717, 1.165) is 0 Å². The van der Waals surface area contributed by atoms with Gasteiger partial charge in [0.2, 0.25) is 0 Å². The van der Waals surface area contributed by atoms with Crippen molar-refractivity contribution in [2.24, 2.45) is 5.92 Å². The van der Waals surface area contributed by atoms with Gasteiger partial charge in [-0.15, -0.1) is 0 Å². The number of hydrogen-bond donors (Lipinski definition) is 0. The summed E-state index contributed by atoms with van der Waals surface area (Å²) in [5, 5.41) is 0. The molecule has 0 bridgehead atoms. The van der Waals surface area contributed by atoms with E-state index in [4.69, 9.17) is 0 Å². The number of hydrogen-bond acceptors (Lipinski definition) is 2. The molecule has 1 aromatic rings. The highest BCUT2D eigenvalue weighted by Gasteiger charge is 2.33. The maximum atomic E-state index is 3.91. The molecular formula is C13H18N2. The fourth-order valence-electron chi connectivity index (χ4n) is 2.43. The minimum Gasteiger partial charge on any atom is -0.352 e. The van der Waals surface area contributed by atoms with Gasteiger partial charge in [0.25, 0.3) is 0 Å². The van der Waals surface area contributed by atoms with E-state index < -0.39 is 0 Å². The first-order valence-corrected chi connectivity index (χ1v) is 5.39. The summed E-state index contributed by atoms with van der Waals surface area (Å²) in [4.78, 5) is 4.57. The highest BCUT2D eigenvalue weighted by molar-refractivity contribution is 5.78. The second-order valence-corrected chi connectivity index (χ2v) is 4.35. The van der Waals surface area contributed by atoms with Crippen LogP contribution in [0, 0.1) is 5.92 Å². The van der Waals surface area contributed by atoms with E-state index in [9.17, 15) is 0 Å². The molecule has 0 amide bonds. The zero-order valence-corrected chi connectivity index (χ0v) is 9.64. The topological polar surface area (TPSA) is 6.48 Å². The van der Waals surface area contributed by atoms with Crippen LogP contribution in [0.15, 0.2) is 37.0 Å². The highest BCUT2D eigenvalue weighted by Crippen LogP contribution is 2.40. The molecule has 2 rings (SSSR count). The molecule has 1 aromatic carbocycles. The molecule has 0 saturated heterocycles. The maximum absolute atomic E-state index is 3.91. The first-order valence-electron chi connectivity index (χ1n) is 5.39. The molecule has 1 heterocycles. The molecule has 1 aliphatic rings. The van der Waals surface area contributed by atoms with Crippen LogP contribution in [-0.2, 0) is 0 Å². The van der Waals surface area contributed by atoms with Gasteiger partial charge in [-0.3, -0.25) is 0 Å². The molecule has 0 aliphatic carbocycles. The largest absolute Gasteiger partial charge is 0.352 e. The van der Waals surface area contributed by atoms with Crippen LogP contribution >= 0.6 is 0 Å². The van der Waals surface area contributed by atoms with E-state index in [2.05, 4.69) is 61.5 Å². The zero-order valence-electron chi connectivity index (χ0n) is 9.64. The lowest BCUT2D eigenvalue weighted by atomic mass is 10.1. The Balaban J connectivity index is 2.48. The van der Waals surface area contributed by atoms with Crippen LogP contribution in [0.2, 0.25) is 0 Å². The molecule has 15 heavy (non-hydrogen) atoms. The zero-order chi connectivity index (χ0) is 11.0. The van der Waals surface area contributed by atoms with Crippen molar-refractivity contribution < 1.29 is 0 Å². The van der Waals surface area contributed by atoms with Crippen LogP contribution in [0.25, 0.3) is 0 Å². The highest BCUT2D eigenvalue weighted by atomic mass is 15.4. The number of para-hydroxylation sites is 2. The third-order valence-electron chi connectivity index (χ3n) is 3.01. The number of nitrogens with zero attached hydrogens (tertiary/aromatic N) is 2. The Morgan fingerprint density at radius 3 is 2.40 bits per heavy atom.